The first-order valence-corrected chi connectivity index (χ1v) is 9.92. The van der Waals surface area contributed by atoms with Crippen LogP contribution in [0.4, 0.5) is 13.9 Å². The monoisotopic (exact) mass is 447 g/mol. The normalized spacial score (nSPS) is 10.6. The van der Waals surface area contributed by atoms with E-state index < -0.39 is 12.5 Å². The largest absolute Gasteiger partial charge is 0.497 e. The molecule has 0 radical (unpaired) electrons. The molecule has 0 saturated carbocycles. The Balaban J connectivity index is 1.57. The predicted octanol–water partition coefficient (Wildman–Crippen LogP) is 4.10. The average Bonchev–Trinajstić information content (AvgIpc) is 3.12. The van der Waals surface area contributed by atoms with Crippen LogP contribution in [0.1, 0.15) is 15.2 Å². The molecule has 2 aromatic carbocycles. The number of nitrogens with zero attached hydrogens (tertiary/aromatic N) is 1. The summed E-state index contributed by atoms with van der Waals surface area (Å²) in [5.41, 5.74) is 1.72. The van der Waals surface area contributed by atoms with Crippen LogP contribution in [0.25, 0.3) is 11.3 Å². The van der Waals surface area contributed by atoms with Gasteiger partial charge in [-0.1, -0.05) is 0 Å². The number of aromatic nitrogens is 1. The van der Waals surface area contributed by atoms with Gasteiger partial charge < -0.3 is 20.1 Å². The van der Waals surface area contributed by atoms with E-state index in [-0.39, 0.29) is 18.2 Å². The standard InChI is InChI=1S/C21H19F2N3O4S/c1-12-18(13-3-9-16(10-4-13)30-20(22)23)26-21(31-12)25-17(27)11-24-19(28)14-5-7-15(29-2)8-6-14/h3-10,20H,11H2,1-2H3,(H,24,28)(H,25,26,27). The number of thiazole rings is 1. The fourth-order valence-corrected chi connectivity index (χ4v) is 3.53. The lowest BCUT2D eigenvalue weighted by atomic mass is 10.1. The van der Waals surface area contributed by atoms with Crippen molar-refractivity contribution >= 4 is 28.3 Å². The zero-order chi connectivity index (χ0) is 22.4. The second-order valence-corrected chi connectivity index (χ2v) is 7.49. The minimum atomic E-state index is -2.89. The summed E-state index contributed by atoms with van der Waals surface area (Å²) in [4.78, 5) is 29.5. The lowest BCUT2D eigenvalue weighted by molar-refractivity contribution is -0.115. The van der Waals surface area contributed by atoms with E-state index in [2.05, 4.69) is 20.4 Å². The Labute approximate surface area is 181 Å². The number of rotatable bonds is 8. The van der Waals surface area contributed by atoms with Crippen molar-refractivity contribution in [2.45, 2.75) is 13.5 Å². The molecule has 2 N–H and O–H groups in total. The number of ether oxygens (including phenoxy) is 2. The predicted molar refractivity (Wildman–Crippen MR) is 113 cm³/mol. The van der Waals surface area contributed by atoms with Gasteiger partial charge >= 0.3 is 6.61 Å². The molecular formula is C21H19F2N3O4S. The van der Waals surface area contributed by atoms with E-state index in [0.717, 1.165) is 4.88 Å². The Morgan fingerprint density at radius 1 is 1.06 bits per heavy atom. The van der Waals surface area contributed by atoms with Crippen LogP contribution in [0, 0.1) is 6.92 Å². The van der Waals surface area contributed by atoms with Crippen LogP contribution in [0.5, 0.6) is 11.5 Å². The topological polar surface area (TPSA) is 89.5 Å². The number of alkyl halides is 2. The number of benzene rings is 2. The van der Waals surface area contributed by atoms with E-state index in [1.807, 2.05) is 6.92 Å². The maximum atomic E-state index is 12.3. The van der Waals surface area contributed by atoms with Crippen molar-refractivity contribution < 1.29 is 27.8 Å². The van der Waals surface area contributed by atoms with Gasteiger partial charge in [-0.2, -0.15) is 8.78 Å². The number of methoxy groups -OCH3 is 1. The van der Waals surface area contributed by atoms with Crippen molar-refractivity contribution in [1.82, 2.24) is 10.3 Å². The van der Waals surface area contributed by atoms with Crippen molar-refractivity contribution in [2.75, 3.05) is 19.0 Å². The summed E-state index contributed by atoms with van der Waals surface area (Å²) in [6, 6.07) is 12.6. The second kappa shape index (κ2) is 9.98. The molecule has 0 saturated heterocycles. The van der Waals surface area contributed by atoms with Gasteiger partial charge in [-0.15, -0.1) is 11.3 Å². The molecule has 10 heteroatoms. The number of nitrogens with one attached hydrogen (secondary N) is 2. The fourth-order valence-electron chi connectivity index (χ4n) is 2.68. The maximum absolute atomic E-state index is 12.3. The molecule has 7 nitrogen and oxygen atoms in total. The number of carbonyl (C=O) groups excluding carboxylic acids is 2. The third-order valence-electron chi connectivity index (χ3n) is 4.16. The van der Waals surface area contributed by atoms with E-state index in [9.17, 15) is 18.4 Å². The summed E-state index contributed by atoms with van der Waals surface area (Å²) in [5.74, 6) is -0.143. The molecule has 2 amide bonds. The highest BCUT2D eigenvalue weighted by Gasteiger charge is 2.14. The Morgan fingerprint density at radius 2 is 1.71 bits per heavy atom. The number of halogens is 2. The Morgan fingerprint density at radius 3 is 2.32 bits per heavy atom. The molecule has 1 heterocycles. The molecule has 0 unspecified atom stereocenters. The summed E-state index contributed by atoms with van der Waals surface area (Å²) in [6.07, 6.45) is 0. The molecule has 0 aliphatic heterocycles. The Kier molecular flexibility index (Phi) is 7.14. The average molecular weight is 447 g/mol. The van der Waals surface area contributed by atoms with Gasteiger partial charge in [0, 0.05) is 16.0 Å². The van der Waals surface area contributed by atoms with Crippen LogP contribution >= 0.6 is 11.3 Å². The molecule has 0 atom stereocenters. The van der Waals surface area contributed by atoms with Crippen molar-refractivity contribution in [3.63, 3.8) is 0 Å². The van der Waals surface area contributed by atoms with Crippen molar-refractivity contribution in [2.24, 2.45) is 0 Å². The SMILES string of the molecule is COc1ccc(C(=O)NCC(=O)Nc2nc(-c3ccc(OC(F)F)cc3)c(C)s2)cc1. The van der Waals surface area contributed by atoms with E-state index >= 15 is 0 Å². The minimum Gasteiger partial charge on any atom is -0.497 e. The van der Waals surface area contributed by atoms with Crippen LogP contribution in [-0.4, -0.2) is 37.1 Å². The zero-order valence-electron chi connectivity index (χ0n) is 16.6. The first kappa shape index (κ1) is 22.2. The van der Waals surface area contributed by atoms with Crippen LogP contribution < -0.4 is 20.1 Å². The number of hydrogen-bond donors (Lipinski definition) is 2. The van der Waals surface area contributed by atoms with E-state index in [4.69, 9.17) is 4.74 Å². The number of carbonyl (C=O) groups is 2. The molecule has 3 rings (SSSR count). The zero-order valence-corrected chi connectivity index (χ0v) is 17.5. The van der Waals surface area contributed by atoms with Gasteiger partial charge in [-0.3, -0.25) is 9.59 Å². The van der Waals surface area contributed by atoms with Gasteiger partial charge in [0.05, 0.1) is 19.3 Å². The summed E-state index contributed by atoms with van der Waals surface area (Å²) in [5, 5.41) is 5.55. The highest BCUT2D eigenvalue weighted by atomic mass is 32.1. The summed E-state index contributed by atoms with van der Waals surface area (Å²) < 4.78 is 33.9. The molecule has 0 spiro atoms. The van der Waals surface area contributed by atoms with E-state index in [1.165, 1.54) is 30.6 Å². The van der Waals surface area contributed by atoms with Crippen LogP contribution in [0.2, 0.25) is 0 Å². The van der Waals surface area contributed by atoms with Gasteiger partial charge in [-0.05, 0) is 55.5 Å². The fraction of sp³-hybridized carbons (Fsp3) is 0.190. The summed E-state index contributed by atoms with van der Waals surface area (Å²) in [7, 11) is 1.53. The van der Waals surface area contributed by atoms with Gasteiger partial charge in [0.15, 0.2) is 5.13 Å². The van der Waals surface area contributed by atoms with E-state index in [1.54, 1.807) is 36.4 Å². The lowest BCUT2D eigenvalue weighted by Gasteiger charge is -2.06. The number of aryl methyl sites for hydroxylation is 1. The van der Waals surface area contributed by atoms with Gasteiger partial charge in [0.1, 0.15) is 11.5 Å². The molecule has 162 valence electrons. The Bertz CT molecular complexity index is 1050. The summed E-state index contributed by atoms with van der Waals surface area (Å²) >= 11 is 1.27. The molecule has 0 fully saturated rings. The van der Waals surface area contributed by atoms with Gasteiger partial charge in [0.2, 0.25) is 5.91 Å². The molecule has 3 aromatic rings. The first-order valence-electron chi connectivity index (χ1n) is 9.10. The summed E-state index contributed by atoms with van der Waals surface area (Å²) in [6.45, 7) is -1.28. The third-order valence-corrected chi connectivity index (χ3v) is 5.04. The lowest BCUT2D eigenvalue weighted by Crippen LogP contribution is -2.32. The molecule has 0 aliphatic carbocycles. The van der Waals surface area contributed by atoms with Crippen molar-refractivity contribution in [3.05, 3.63) is 59.0 Å². The van der Waals surface area contributed by atoms with Crippen LogP contribution in [0.3, 0.4) is 0 Å². The number of hydrogen-bond acceptors (Lipinski definition) is 6. The Hall–Kier alpha value is -3.53. The van der Waals surface area contributed by atoms with E-state index in [0.29, 0.717) is 27.7 Å². The highest BCUT2D eigenvalue weighted by molar-refractivity contribution is 7.16. The maximum Gasteiger partial charge on any atom is 0.387 e. The number of amides is 2. The smallest absolute Gasteiger partial charge is 0.387 e. The molecule has 0 bridgehead atoms. The van der Waals surface area contributed by atoms with Crippen LogP contribution in [-0.2, 0) is 4.79 Å². The molecular weight excluding hydrogens is 428 g/mol. The molecule has 31 heavy (non-hydrogen) atoms. The molecule has 0 aliphatic rings. The minimum absolute atomic E-state index is 0.0489. The molecule has 1 aromatic heterocycles. The number of anilines is 1. The second-order valence-electron chi connectivity index (χ2n) is 6.29. The van der Waals surface area contributed by atoms with Gasteiger partial charge in [-0.25, -0.2) is 4.98 Å². The quantitative estimate of drug-likeness (QED) is 0.543. The van der Waals surface area contributed by atoms with Crippen LogP contribution in [0.15, 0.2) is 48.5 Å². The van der Waals surface area contributed by atoms with Gasteiger partial charge in [0.25, 0.3) is 5.91 Å². The first-order chi connectivity index (χ1) is 14.9. The van der Waals surface area contributed by atoms with Crippen molar-refractivity contribution in [1.29, 1.82) is 0 Å². The third kappa shape index (κ3) is 5.98. The highest BCUT2D eigenvalue weighted by Crippen LogP contribution is 2.31. The van der Waals surface area contributed by atoms with Crippen molar-refractivity contribution in [3.8, 4) is 22.8 Å².